The van der Waals surface area contributed by atoms with Crippen molar-refractivity contribution in [2.45, 2.75) is 46.1 Å². The lowest BCUT2D eigenvalue weighted by Crippen LogP contribution is -2.34. The van der Waals surface area contributed by atoms with E-state index in [4.69, 9.17) is 0 Å². The van der Waals surface area contributed by atoms with Crippen LogP contribution < -0.4 is 5.32 Å². The van der Waals surface area contributed by atoms with Crippen LogP contribution >= 0.6 is 15.9 Å². The summed E-state index contributed by atoms with van der Waals surface area (Å²) in [5.41, 5.74) is 0.200. The Morgan fingerprint density at radius 3 is 2.14 bits per heavy atom. The van der Waals surface area contributed by atoms with Crippen LogP contribution in [0, 0.1) is 29.4 Å². The van der Waals surface area contributed by atoms with Gasteiger partial charge in [-0.2, -0.15) is 0 Å². The van der Waals surface area contributed by atoms with Crippen molar-refractivity contribution in [1.29, 1.82) is 0 Å². The van der Waals surface area contributed by atoms with Gasteiger partial charge in [-0.05, 0) is 55.7 Å². The van der Waals surface area contributed by atoms with Crippen LogP contribution in [0.15, 0.2) is 16.6 Å². The van der Waals surface area contributed by atoms with Crippen molar-refractivity contribution in [1.82, 2.24) is 5.32 Å². The molecule has 0 saturated heterocycles. The summed E-state index contributed by atoms with van der Waals surface area (Å²) < 4.78 is 29.1. The zero-order valence-corrected chi connectivity index (χ0v) is 14.5. The van der Waals surface area contributed by atoms with Crippen LogP contribution in [0.2, 0.25) is 0 Å². The van der Waals surface area contributed by atoms with E-state index in [2.05, 4.69) is 35.1 Å². The van der Waals surface area contributed by atoms with E-state index in [-0.39, 0.29) is 17.5 Å². The van der Waals surface area contributed by atoms with Gasteiger partial charge in [0.15, 0.2) is 0 Å². The monoisotopic (exact) mass is 359 g/mol. The average Bonchev–Trinajstić information content (AvgIpc) is 2.35. The topological polar surface area (TPSA) is 12.0 Å². The molecule has 1 aliphatic rings. The molecule has 0 amide bonds. The van der Waals surface area contributed by atoms with Crippen molar-refractivity contribution >= 4 is 15.9 Å². The summed E-state index contributed by atoms with van der Waals surface area (Å²) in [6.45, 7) is 7.16. The summed E-state index contributed by atoms with van der Waals surface area (Å²) in [6.07, 6.45) is 3.26. The summed E-state index contributed by atoms with van der Waals surface area (Å²) in [4.78, 5) is 0. The first-order chi connectivity index (χ1) is 9.92. The Balaban J connectivity index is 2.35. The molecule has 0 spiro atoms. The van der Waals surface area contributed by atoms with Crippen LogP contribution in [0.5, 0.6) is 0 Å². The van der Waals surface area contributed by atoms with Crippen LogP contribution in [0.1, 0.15) is 51.6 Å². The van der Waals surface area contributed by atoms with Crippen LogP contribution in [-0.4, -0.2) is 6.54 Å². The second-order valence-corrected chi connectivity index (χ2v) is 7.41. The quantitative estimate of drug-likeness (QED) is 0.753. The van der Waals surface area contributed by atoms with Gasteiger partial charge < -0.3 is 5.32 Å². The second-order valence-electron chi connectivity index (χ2n) is 6.50. The van der Waals surface area contributed by atoms with E-state index in [1.807, 2.05) is 6.92 Å². The maximum atomic E-state index is 14.3. The highest BCUT2D eigenvalue weighted by Gasteiger charge is 2.33. The molecule has 1 N–H and O–H groups in total. The highest BCUT2D eigenvalue weighted by Crippen LogP contribution is 2.41. The Morgan fingerprint density at radius 2 is 1.67 bits per heavy atom. The van der Waals surface area contributed by atoms with Crippen LogP contribution in [0.25, 0.3) is 0 Å². The van der Waals surface area contributed by atoms with Gasteiger partial charge in [0.1, 0.15) is 11.6 Å². The van der Waals surface area contributed by atoms with Gasteiger partial charge in [-0.1, -0.05) is 36.7 Å². The van der Waals surface area contributed by atoms with Crippen molar-refractivity contribution in [3.63, 3.8) is 0 Å². The van der Waals surface area contributed by atoms with E-state index in [9.17, 15) is 8.78 Å². The fourth-order valence-corrected chi connectivity index (χ4v) is 4.26. The van der Waals surface area contributed by atoms with Gasteiger partial charge in [-0.15, -0.1) is 0 Å². The molecule has 0 aromatic heterocycles. The molecule has 0 bridgehead atoms. The average molecular weight is 360 g/mol. The molecule has 1 fully saturated rings. The molecular formula is C17H24BrF2N. The molecule has 1 saturated carbocycles. The lowest BCUT2D eigenvalue weighted by molar-refractivity contribution is 0.173. The number of rotatable bonds is 4. The summed E-state index contributed by atoms with van der Waals surface area (Å²) in [6, 6.07) is 2.48. The molecule has 3 unspecified atom stereocenters. The zero-order valence-electron chi connectivity index (χ0n) is 12.9. The Hall–Kier alpha value is -0.480. The number of nitrogens with one attached hydrogen (secondary N) is 1. The third-order valence-electron chi connectivity index (χ3n) is 4.47. The molecule has 4 heteroatoms. The molecule has 1 aromatic rings. The van der Waals surface area contributed by atoms with Gasteiger partial charge in [-0.25, -0.2) is 8.78 Å². The smallest absolute Gasteiger partial charge is 0.132 e. The molecule has 1 aromatic carbocycles. The standard InChI is InChI=1S/C17H24BrF2N/c1-4-21-17(12-6-10(2)5-11(3)7-12)16-14(19)8-13(18)9-15(16)20/h8-12,17,21H,4-7H2,1-3H3. The molecule has 3 atom stereocenters. The Morgan fingerprint density at radius 1 is 1.14 bits per heavy atom. The van der Waals surface area contributed by atoms with E-state index in [1.54, 1.807) is 0 Å². The van der Waals surface area contributed by atoms with Gasteiger partial charge >= 0.3 is 0 Å². The van der Waals surface area contributed by atoms with Crippen LogP contribution in [0.3, 0.4) is 0 Å². The lowest BCUT2D eigenvalue weighted by Gasteiger charge is -2.37. The summed E-state index contributed by atoms with van der Waals surface area (Å²) >= 11 is 3.15. The van der Waals surface area contributed by atoms with E-state index in [0.717, 1.165) is 12.8 Å². The molecule has 1 aliphatic carbocycles. The van der Waals surface area contributed by atoms with Crippen LogP contribution in [0.4, 0.5) is 8.78 Å². The first-order valence-corrected chi connectivity index (χ1v) is 8.59. The molecule has 1 nitrogen and oxygen atoms in total. The van der Waals surface area contributed by atoms with E-state index < -0.39 is 11.6 Å². The molecular weight excluding hydrogens is 336 g/mol. The maximum Gasteiger partial charge on any atom is 0.132 e. The van der Waals surface area contributed by atoms with E-state index in [0.29, 0.717) is 22.9 Å². The second kappa shape index (κ2) is 7.19. The molecule has 0 radical (unpaired) electrons. The first kappa shape index (κ1) is 16.9. The number of halogens is 3. The molecule has 0 aliphatic heterocycles. The normalized spacial score (nSPS) is 27.6. The minimum absolute atomic E-state index is 0.200. The van der Waals surface area contributed by atoms with Crippen LogP contribution in [-0.2, 0) is 0 Å². The summed E-state index contributed by atoms with van der Waals surface area (Å²) in [7, 11) is 0. The van der Waals surface area contributed by atoms with Crippen molar-refractivity contribution in [2.75, 3.05) is 6.54 Å². The van der Waals surface area contributed by atoms with E-state index >= 15 is 0 Å². The maximum absolute atomic E-state index is 14.3. The van der Waals surface area contributed by atoms with E-state index in [1.165, 1.54) is 18.6 Å². The Labute approximate surface area is 134 Å². The zero-order chi connectivity index (χ0) is 15.6. The number of hydrogen-bond acceptors (Lipinski definition) is 1. The van der Waals surface area contributed by atoms with Crippen molar-refractivity contribution in [2.24, 2.45) is 17.8 Å². The minimum atomic E-state index is -0.460. The Kier molecular flexibility index (Phi) is 5.78. The highest BCUT2D eigenvalue weighted by atomic mass is 79.9. The highest BCUT2D eigenvalue weighted by molar-refractivity contribution is 9.10. The molecule has 21 heavy (non-hydrogen) atoms. The van der Waals surface area contributed by atoms with Gasteiger partial charge in [0.05, 0.1) is 0 Å². The summed E-state index contributed by atoms with van der Waals surface area (Å²) in [5.74, 6) is 0.592. The SMILES string of the molecule is CCNC(c1c(F)cc(Br)cc1F)C1CC(C)CC(C)C1. The largest absolute Gasteiger partial charge is 0.310 e. The third kappa shape index (κ3) is 4.04. The number of hydrogen-bond donors (Lipinski definition) is 1. The molecule has 0 heterocycles. The van der Waals surface area contributed by atoms with Gasteiger partial charge in [0, 0.05) is 16.1 Å². The predicted molar refractivity (Wildman–Crippen MR) is 86.1 cm³/mol. The van der Waals surface area contributed by atoms with Crippen molar-refractivity contribution in [3.05, 3.63) is 33.8 Å². The van der Waals surface area contributed by atoms with Gasteiger partial charge in [0.25, 0.3) is 0 Å². The fourth-order valence-electron chi connectivity index (χ4n) is 3.86. The third-order valence-corrected chi connectivity index (χ3v) is 4.92. The minimum Gasteiger partial charge on any atom is -0.310 e. The Bertz CT molecular complexity index is 459. The van der Waals surface area contributed by atoms with Gasteiger partial charge in [-0.3, -0.25) is 0 Å². The predicted octanol–water partition coefficient (Wildman–Crippen LogP) is 5.45. The van der Waals surface area contributed by atoms with Gasteiger partial charge in [0.2, 0.25) is 0 Å². The van der Waals surface area contributed by atoms with Crippen molar-refractivity contribution in [3.8, 4) is 0 Å². The number of benzene rings is 1. The lowest BCUT2D eigenvalue weighted by atomic mass is 9.72. The first-order valence-electron chi connectivity index (χ1n) is 7.80. The molecule has 118 valence electrons. The fraction of sp³-hybridized carbons (Fsp3) is 0.647. The molecule has 2 rings (SSSR count). The van der Waals surface area contributed by atoms with Crippen molar-refractivity contribution < 1.29 is 8.78 Å². The summed E-state index contributed by atoms with van der Waals surface area (Å²) in [5, 5.41) is 3.32.